The molecule has 0 saturated heterocycles. The van der Waals surface area contributed by atoms with Crippen molar-refractivity contribution in [3.8, 4) is 0 Å². The maximum atomic E-state index is 11.7. The molecule has 0 bridgehead atoms. The largest absolute Gasteiger partial charge is 0.455 e. The van der Waals surface area contributed by atoms with Gasteiger partial charge in [0.05, 0.1) is 0 Å². The third-order valence-corrected chi connectivity index (χ3v) is 1.72. The van der Waals surface area contributed by atoms with Gasteiger partial charge >= 0.3 is 6.18 Å². The van der Waals surface area contributed by atoms with Gasteiger partial charge in [-0.2, -0.15) is 13.2 Å². The van der Waals surface area contributed by atoms with Crippen LogP contribution in [0.4, 0.5) is 13.2 Å². The Hall–Kier alpha value is -1.34. The predicted molar refractivity (Wildman–Crippen MR) is 50.6 cm³/mol. The number of carbonyl (C=O) groups excluding carboxylic acids is 1. The Morgan fingerprint density at radius 2 is 2.12 bits per heavy atom. The molecule has 0 unspecified atom stereocenters. The van der Waals surface area contributed by atoms with Crippen LogP contribution < -0.4 is 0 Å². The zero-order valence-corrected chi connectivity index (χ0v) is 9.04. The van der Waals surface area contributed by atoms with Crippen LogP contribution in [0.25, 0.3) is 0 Å². The third kappa shape index (κ3) is 5.01. The van der Waals surface area contributed by atoms with Gasteiger partial charge in [-0.1, -0.05) is 0 Å². The topological polar surface area (TPSA) is 48.7 Å². The van der Waals surface area contributed by atoms with Gasteiger partial charge in [0.1, 0.15) is 25.6 Å². The van der Waals surface area contributed by atoms with Gasteiger partial charge in [-0.3, -0.25) is 4.79 Å². The first-order chi connectivity index (χ1) is 7.92. The van der Waals surface area contributed by atoms with Crippen molar-refractivity contribution in [2.75, 3.05) is 20.3 Å². The van der Waals surface area contributed by atoms with E-state index >= 15 is 0 Å². The summed E-state index contributed by atoms with van der Waals surface area (Å²) in [5.74, 6) is -0.262. The average molecular weight is 252 g/mol. The van der Waals surface area contributed by atoms with Crippen LogP contribution >= 0.6 is 0 Å². The molecule has 0 saturated carbocycles. The van der Waals surface area contributed by atoms with Crippen molar-refractivity contribution in [2.24, 2.45) is 0 Å². The quantitative estimate of drug-likeness (QED) is 0.728. The minimum Gasteiger partial charge on any atom is -0.455 e. The summed E-state index contributed by atoms with van der Waals surface area (Å²) < 4.78 is 49.2. The summed E-state index contributed by atoms with van der Waals surface area (Å²) in [5.41, 5.74) is 0. The van der Waals surface area contributed by atoms with Gasteiger partial charge in [0.15, 0.2) is 5.76 Å². The Morgan fingerprint density at radius 3 is 2.71 bits per heavy atom. The smallest absolute Gasteiger partial charge is 0.411 e. The fourth-order valence-electron chi connectivity index (χ4n) is 1.08. The Balaban J connectivity index is 2.41. The van der Waals surface area contributed by atoms with Crippen molar-refractivity contribution in [1.82, 2.24) is 0 Å². The lowest BCUT2D eigenvalue weighted by Gasteiger charge is -2.05. The lowest BCUT2D eigenvalue weighted by molar-refractivity contribution is -0.171. The second kappa shape index (κ2) is 5.83. The molecule has 0 aromatic carbocycles. The molecule has 0 amide bonds. The highest BCUT2D eigenvalue weighted by Gasteiger charge is 2.28. The van der Waals surface area contributed by atoms with Crippen molar-refractivity contribution in [3.63, 3.8) is 0 Å². The van der Waals surface area contributed by atoms with Crippen LogP contribution in [-0.4, -0.2) is 32.3 Å². The first kappa shape index (κ1) is 13.7. The molecular weight excluding hydrogens is 241 g/mol. The van der Waals surface area contributed by atoms with E-state index in [2.05, 4.69) is 4.74 Å². The zero-order valence-electron chi connectivity index (χ0n) is 9.04. The fraction of sp³-hybridized carbons (Fsp3) is 0.500. The Labute approximate surface area is 95.3 Å². The standard InChI is InChI=1S/C10H11F3O4/c1-15-4-7-2-3-9(17-7)8(14)5-16-6-10(11,12)13/h2-3H,4-6H2,1H3. The summed E-state index contributed by atoms with van der Waals surface area (Å²) in [5, 5.41) is 0. The van der Waals surface area contributed by atoms with E-state index in [1.54, 1.807) is 0 Å². The number of methoxy groups -OCH3 is 1. The number of ether oxygens (including phenoxy) is 2. The van der Waals surface area contributed by atoms with E-state index in [1.165, 1.54) is 19.2 Å². The van der Waals surface area contributed by atoms with Crippen molar-refractivity contribution >= 4 is 5.78 Å². The second-order valence-corrected chi connectivity index (χ2v) is 3.23. The zero-order chi connectivity index (χ0) is 12.9. The number of hydrogen-bond donors (Lipinski definition) is 0. The van der Waals surface area contributed by atoms with Gasteiger partial charge in [-0.25, -0.2) is 0 Å². The molecular formula is C10H11F3O4. The second-order valence-electron chi connectivity index (χ2n) is 3.23. The van der Waals surface area contributed by atoms with Crippen LogP contribution in [0.2, 0.25) is 0 Å². The monoisotopic (exact) mass is 252 g/mol. The lowest BCUT2D eigenvalue weighted by atomic mass is 10.3. The molecule has 0 spiro atoms. The van der Waals surface area contributed by atoms with E-state index in [-0.39, 0.29) is 12.4 Å². The minimum absolute atomic E-state index is 0.0424. The molecule has 1 aromatic rings. The highest BCUT2D eigenvalue weighted by molar-refractivity contribution is 5.94. The summed E-state index contributed by atoms with van der Waals surface area (Å²) in [7, 11) is 1.45. The number of halogens is 3. The van der Waals surface area contributed by atoms with Gasteiger partial charge in [-0.15, -0.1) is 0 Å². The molecule has 0 aliphatic heterocycles. The van der Waals surface area contributed by atoms with Crippen LogP contribution in [0.5, 0.6) is 0 Å². The molecule has 0 aliphatic rings. The Morgan fingerprint density at radius 1 is 1.41 bits per heavy atom. The van der Waals surface area contributed by atoms with Gasteiger partial charge in [0.2, 0.25) is 5.78 Å². The maximum Gasteiger partial charge on any atom is 0.411 e. The molecule has 0 aliphatic carbocycles. The van der Waals surface area contributed by atoms with Crippen molar-refractivity contribution < 1.29 is 31.9 Å². The van der Waals surface area contributed by atoms with E-state index < -0.39 is 25.2 Å². The molecule has 4 nitrogen and oxygen atoms in total. The first-order valence-corrected chi connectivity index (χ1v) is 4.67. The normalized spacial score (nSPS) is 11.8. The van der Waals surface area contributed by atoms with Crippen molar-refractivity contribution in [3.05, 3.63) is 23.7 Å². The SMILES string of the molecule is COCc1ccc(C(=O)COCC(F)(F)F)o1. The van der Waals surface area contributed by atoms with Crippen LogP contribution in [0.15, 0.2) is 16.5 Å². The summed E-state index contributed by atoms with van der Waals surface area (Å²) in [4.78, 5) is 11.3. The molecule has 17 heavy (non-hydrogen) atoms. The van der Waals surface area contributed by atoms with Crippen LogP contribution in [0, 0.1) is 0 Å². The summed E-state index contributed by atoms with van der Waals surface area (Å²) in [6.45, 7) is -1.93. The molecule has 96 valence electrons. The van der Waals surface area contributed by atoms with E-state index in [9.17, 15) is 18.0 Å². The molecule has 1 heterocycles. The van der Waals surface area contributed by atoms with Gasteiger partial charge in [0, 0.05) is 7.11 Å². The average Bonchev–Trinajstić information content (AvgIpc) is 2.65. The Bertz CT molecular complexity index is 370. The first-order valence-electron chi connectivity index (χ1n) is 4.67. The number of carbonyl (C=O) groups is 1. The van der Waals surface area contributed by atoms with Crippen LogP contribution in [0.1, 0.15) is 16.3 Å². The predicted octanol–water partition coefficient (Wildman–Crippen LogP) is 2.19. The molecule has 1 aromatic heterocycles. The van der Waals surface area contributed by atoms with E-state index in [1.807, 2.05) is 0 Å². The van der Waals surface area contributed by atoms with Gasteiger partial charge < -0.3 is 13.9 Å². The van der Waals surface area contributed by atoms with Crippen LogP contribution in [-0.2, 0) is 16.1 Å². The summed E-state index contributed by atoms with van der Waals surface area (Å²) >= 11 is 0. The summed E-state index contributed by atoms with van der Waals surface area (Å²) in [6, 6.07) is 2.88. The highest BCUT2D eigenvalue weighted by Crippen LogP contribution is 2.15. The number of hydrogen-bond acceptors (Lipinski definition) is 4. The number of Topliss-reactive ketones (excluding diaryl/α,β-unsaturated/α-hetero) is 1. The molecule has 0 atom stereocenters. The maximum absolute atomic E-state index is 11.7. The van der Waals surface area contributed by atoms with Gasteiger partial charge in [0.25, 0.3) is 0 Å². The van der Waals surface area contributed by atoms with E-state index in [0.717, 1.165) is 0 Å². The number of furan rings is 1. The number of rotatable bonds is 6. The minimum atomic E-state index is -4.44. The van der Waals surface area contributed by atoms with Crippen molar-refractivity contribution in [1.29, 1.82) is 0 Å². The molecule has 7 heteroatoms. The van der Waals surface area contributed by atoms with Gasteiger partial charge in [-0.05, 0) is 12.1 Å². The molecule has 1 rings (SSSR count). The van der Waals surface area contributed by atoms with Crippen molar-refractivity contribution in [2.45, 2.75) is 12.8 Å². The molecule has 0 N–H and O–H groups in total. The van der Waals surface area contributed by atoms with E-state index in [4.69, 9.17) is 9.15 Å². The van der Waals surface area contributed by atoms with Crippen LogP contribution in [0.3, 0.4) is 0 Å². The lowest BCUT2D eigenvalue weighted by Crippen LogP contribution is -2.20. The summed E-state index contributed by atoms with van der Waals surface area (Å²) in [6.07, 6.45) is -4.44. The fourth-order valence-corrected chi connectivity index (χ4v) is 1.08. The molecule has 0 radical (unpaired) electrons. The third-order valence-electron chi connectivity index (χ3n) is 1.72. The Kier molecular flexibility index (Phi) is 4.71. The highest BCUT2D eigenvalue weighted by atomic mass is 19.4. The molecule has 0 fully saturated rings. The van der Waals surface area contributed by atoms with E-state index in [0.29, 0.717) is 5.76 Å². The number of alkyl halides is 3. The number of ketones is 1.